The Labute approximate surface area is 114 Å². The van der Waals surface area contributed by atoms with Gasteiger partial charge in [-0.2, -0.15) is 9.36 Å². The van der Waals surface area contributed by atoms with E-state index in [-0.39, 0.29) is 12.3 Å². The lowest BCUT2D eigenvalue weighted by Crippen LogP contribution is -2.23. The first-order chi connectivity index (χ1) is 9.69. The molecule has 0 spiro atoms. The minimum atomic E-state index is -0.345. The smallest absolute Gasteiger partial charge is 0.277 e. The number of hydrogen-bond acceptors (Lipinski definition) is 5. The van der Waals surface area contributed by atoms with Gasteiger partial charge in [0.05, 0.1) is 5.69 Å². The second-order valence-corrected chi connectivity index (χ2v) is 4.09. The normalized spacial score (nSPS) is 10.5. The van der Waals surface area contributed by atoms with Crippen LogP contribution in [0.15, 0.2) is 23.0 Å². The van der Waals surface area contributed by atoms with Crippen molar-refractivity contribution in [2.24, 2.45) is 7.05 Å². The van der Waals surface area contributed by atoms with Gasteiger partial charge in [0, 0.05) is 12.6 Å². The van der Waals surface area contributed by atoms with Crippen LogP contribution in [0.4, 0.5) is 0 Å². The van der Waals surface area contributed by atoms with Gasteiger partial charge < -0.3 is 0 Å². The van der Waals surface area contributed by atoms with Crippen LogP contribution in [-0.4, -0.2) is 26.2 Å². The number of hydrogen-bond donors (Lipinski definition) is 1. The van der Waals surface area contributed by atoms with Crippen LogP contribution in [0.5, 0.6) is 0 Å². The molecule has 0 aliphatic carbocycles. The zero-order valence-electron chi connectivity index (χ0n) is 11.2. The van der Waals surface area contributed by atoms with Gasteiger partial charge in [0.2, 0.25) is 6.41 Å². The van der Waals surface area contributed by atoms with E-state index in [0.29, 0.717) is 12.1 Å². The van der Waals surface area contributed by atoms with E-state index in [1.807, 2.05) is 19.1 Å². The zero-order chi connectivity index (χ0) is 14.5. The van der Waals surface area contributed by atoms with Crippen LogP contribution in [0.3, 0.4) is 0 Å². The molecule has 8 heteroatoms. The van der Waals surface area contributed by atoms with Gasteiger partial charge in [-0.1, -0.05) is 19.1 Å². The summed E-state index contributed by atoms with van der Waals surface area (Å²) in [6.07, 6.45) is 1.21. The highest BCUT2D eigenvalue weighted by atomic mass is 16.6. The maximum atomic E-state index is 11.9. The number of tetrazole rings is 1. The predicted octanol–water partition coefficient (Wildman–Crippen LogP) is -0.294. The number of amides is 1. The highest BCUT2D eigenvalue weighted by Crippen LogP contribution is 2.18. The lowest BCUT2D eigenvalue weighted by molar-refractivity contribution is -0.121. The van der Waals surface area contributed by atoms with Crippen LogP contribution >= 0.6 is 0 Å². The third kappa shape index (κ3) is 2.59. The van der Waals surface area contributed by atoms with Gasteiger partial charge in [-0.25, -0.2) is 10.3 Å². The number of nitrogens with zero attached hydrogens (tertiary/aromatic N) is 4. The second kappa shape index (κ2) is 6.11. The number of aryl methyl sites for hydroxylation is 2. The Morgan fingerprint density at radius 3 is 2.80 bits per heavy atom. The highest BCUT2D eigenvalue weighted by molar-refractivity contribution is 5.46. The minimum absolute atomic E-state index is 0.140. The Morgan fingerprint density at radius 2 is 2.20 bits per heavy atom. The molecule has 0 aliphatic rings. The molecule has 1 N–H and O–H groups in total. The fourth-order valence-corrected chi connectivity index (χ4v) is 1.93. The molecule has 2 aromatic rings. The van der Waals surface area contributed by atoms with E-state index in [4.69, 9.17) is 4.84 Å². The van der Waals surface area contributed by atoms with Crippen molar-refractivity contribution in [1.29, 1.82) is 0 Å². The van der Waals surface area contributed by atoms with Crippen molar-refractivity contribution in [1.82, 2.24) is 25.3 Å². The lowest BCUT2D eigenvalue weighted by atomic mass is 10.0. The number of nitrogens with one attached hydrogen (secondary N) is 1. The Morgan fingerprint density at radius 1 is 1.40 bits per heavy atom. The molecule has 1 amide bonds. The highest BCUT2D eigenvalue weighted by Gasteiger charge is 2.14. The van der Waals surface area contributed by atoms with Crippen LogP contribution in [0.2, 0.25) is 0 Å². The van der Waals surface area contributed by atoms with E-state index in [1.54, 1.807) is 6.07 Å². The number of benzene rings is 1. The number of carbonyl (C=O) groups is 1. The molecule has 1 heterocycles. The van der Waals surface area contributed by atoms with Crippen molar-refractivity contribution < 1.29 is 9.63 Å². The molecule has 0 aliphatic heterocycles. The molecule has 20 heavy (non-hydrogen) atoms. The summed E-state index contributed by atoms with van der Waals surface area (Å²) in [4.78, 5) is 27.2. The third-order valence-corrected chi connectivity index (χ3v) is 2.93. The second-order valence-electron chi connectivity index (χ2n) is 4.09. The standard InChI is InChI=1S/C12H15N5O3/c1-3-9-5-4-6-11(10(9)7-20-13-8-18)17-12(19)16(2)14-15-17/h4-6,8H,3,7H2,1-2H3,(H,13,18). The monoisotopic (exact) mass is 277 g/mol. The first-order valence-electron chi connectivity index (χ1n) is 6.10. The Hall–Kier alpha value is -2.48. The largest absolute Gasteiger partial charge is 0.368 e. The summed E-state index contributed by atoms with van der Waals surface area (Å²) in [5.74, 6) is 0. The SMILES string of the molecule is CCc1cccc(-n2nnn(C)c2=O)c1CONC=O. The predicted molar refractivity (Wildman–Crippen MR) is 70.0 cm³/mol. The van der Waals surface area contributed by atoms with Gasteiger partial charge in [-0.05, 0) is 28.5 Å². The van der Waals surface area contributed by atoms with Crippen molar-refractivity contribution in [3.63, 3.8) is 0 Å². The van der Waals surface area contributed by atoms with Gasteiger partial charge in [-0.3, -0.25) is 9.63 Å². The summed E-state index contributed by atoms with van der Waals surface area (Å²) in [5, 5.41) is 7.51. The van der Waals surface area contributed by atoms with Crippen LogP contribution < -0.4 is 11.2 Å². The molecule has 0 atom stereocenters. The molecule has 106 valence electrons. The van der Waals surface area contributed by atoms with Gasteiger partial charge >= 0.3 is 5.69 Å². The Kier molecular flexibility index (Phi) is 4.26. The van der Waals surface area contributed by atoms with Crippen LogP contribution in [0.25, 0.3) is 5.69 Å². The Balaban J connectivity index is 2.49. The van der Waals surface area contributed by atoms with E-state index in [2.05, 4.69) is 15.9 Å². The van der Waals surface area contributed by atoms with Gasteiger partial charge in [-0.15, -0.1) is 0 Å². The van der Waals surface area contributed by atoms with E-state index < -0.39 is 0 Å². The minimum Gasteiger partial charge on any atom is -0.277 e. The van der Waals surface area contributed by atoms with Gasteiger partial charge in [0.1, 0.15) is 6.61 Å². The molecule has 0 bridgehead atoms. The van der Waals surface area contributed by atoms with Crippen molar-refractivity contribution in [3.05, 3.63) is 39.8 Å². The quantitative estimate of drug-likeness (QED) is 0.445. The first-order valence-corrected chi connectivity index (χ1v) is 6.10. The number of aromatic nitrogens is 4. The van der Waals surface area contributed by atoms with Gasteiger partial charge in [0.15, 0.2) is 0 Å². The molecular weight excluding hydrogens is 262 g/mol. The topological polar surface area (TPSA) is 91.0 Å². The molecule has 0 fully saturated rings. The summed E-state index contributed by atoms with van der Waals surface area (Å²) in [5.41, 5.74) is 4.18. The van der Waals surface area contributed by atoms with E-state index in [1.165, 1.54) is 11.7 Å². The average molecular weight is 277 g/mol. The molecule has 0 radical (unpaired) electrons. The number of hydroxylamine groups is 1. The average Bonchev–Trinajstić information content (AvgIpc) is 2.79. The zero-order valence-corrected chi connectivity index (χ0v) is 11.2. The van der Waals surface area contributed by atoms with Crippen LogP contribution in [-0.2, 0) is 29.7 Å². The number of rotatable bonds is 6. The van der Waals surface area contributed by atoms with Crippen LogP contribution in [0, 0.1) is 0 Å². The molecule has 8 nitrogen and oxygen atoms in total. The maximum Gasteiger partial charge on any atom is 0.368 e. The molecule has 0 saturated heterocycles. The molecule has 1 aromatic heterocycles. The van der Waals surface area contributed by atoms with E-state index in [0.717, 1.165) is 22.2 Å². The maximum absolute atomic E-state index is 11.9. The molecule has 0 saturated carbocycles. The van der Waals surface area contributed by atoms with Crippen molar-refractivity contribution in [2.75, 3.05) is 0 Å². The van der Waals surface area contributed by atoms with Crippen molar-refractivity contribution in [3.8, 4) is 5.69 Å². The molecule has 1 aromatic carbocycles. The van der Waals surface area contributed by atoms with Crippen LogP contribution in [0.1, 0.15) is 18.1 Å². The molecule has 0 unspecified atom stereocenters. The van der Waals surface area contributed by atoms with Crippen molar-refractivity contribution >= 4 is 6.41 Å². The lowest BCUT2D eigenvalue weighted by Gasteiger charge is -2.12. The third-order valence-electron chi connectivity index (χ3n) is 2.93. The summed E-state index contributed by atoms with van der Waals surface area (Å²) in [6, 6.07) is 5.53. The number of carbonyl (C=O) groups excluding carboxylic acids is 1. The van der Waals surface area contributed by atoms with Gasteiger partial charge in [0.25, 0.3) is 0 Å². The molecular formula is C12H15N5O3. The summed E-state index contributed by atoms with van der Waals surface area (Å²) >= 11 is 0. The fourth-order valence-electron chi connectivity index (χ4n) is 1.93. The van der Waals surface area contributed by atoms with Crippen molar-refractivity contribution in [2.45, 2.75) is 20.0 Å². The van der Waals surface area contributed by atoms with E-state index >= 15 is 0 Å². The summed E-state index contributed by atoms with van der Waals surface area (Å²) in [7, 11) is 1.53. The summed E-state index contributed by atoms with van der Waals surface area (Å²) in [6.45, 7) is 2.14. The Bertz CT molecular complexity index is 661. The fraction of sp³-hybridized carbons (Fsp3) is 0.333. The summed E-state index contributed by atoms with van der Waals surface area (Å²) < 4.78 is 2.35. The first kappa shape index (κ1) is 13.9. The molecule has 2 rings (SSSR count). The van der Waals surface area contributed by atoms with E-state index in [9.17, 15) is 9.59 Å².